The number of carbonyl (C=O) groups is 1. The molecular formula is C13H17N5O. The molecule has 0 aliphatic heterocycles. The van der Waals surface area contributed by atoms with Gasteiger partial charge in [-0.2, -0.15) is 0 Å². The third-order valence-corrected chi connectivity index (χ3v) is 2.74. The quantitative estimate of drug-likeness (QED) is 0.892. The maximum atomic E-state index is 12.2. The van der Waals surface area contributed by atoms with Crippen LogP contribution in [0.5, 0.6) is 0 Å². The van der Waals surface area contributed by atoms with Crippen molar-refractivity contribution in [3.63, 3.8) is 0 Å². The highest BCUT2D eigenvalue weighted by atomic mass is 16.2. The van der Waals surface area contributed by atoms with Crippen LogP contribution in [0.3, 0.4) is 0 Å². The molecule has 0 aromatic carbocycles. The van der Waals surface area contributed by atoms with Crippen LogP contribution in [-0.2, 0) is 5.41 Å². The number of rotatable bonds is 2. The summed E-state index contributed by atoms with van der Waals surface area (Å²) in [6.45, 7) is 6.02. The van der Waals surface area contributed by atoms with Gasteiger partial charge in [0.05, 0.1) is 0 Å². The summed E-state index contributed by atoms with van der Waals surface area (Å²) in [4.78, 5) is 21.9. The highest BCUT2D eigenvalue weighted by Crippen LogP contribution is 2.18. The molecule has 19 heavy (non-hydrogen) atoms. The Balaban J connectivity index is 2.23. The number of aromatic nitrogens is 4. The first-order chi connectivity index (χ1) is 8.89. The number of anilines is 1. The topological polar surface area (TPSA) is 74.8 Å². The van der Waals surface area contributed by atoms with Crippen LogP contribution >= 0.6 is 0 Å². The Morgan fingerprint density at radius 1 is 1.26 bits per heavy atom. The highest BCUT2D eigenvalue weighted by Gasteiger charge is 2.23. The first-order valence-corrected chi connectivity index (χ1v) is 6.00. The van der Waals surface area contributed by atoms with Gasteiger partial charge in [-0.05, 0) is 12.1 Å². The predicted molar refractivity (Wildman–Crippen MR) is 72.1 cm³/mol. The number of amides is 1. The van der Waals surface area contributed by atoms with E-state index in [1.54, 1.807) is 31.6 Å². The Kier molecular flexibility index (Phi) is 3.33. The molecule has 0 atom stereocenters. The summed E-state index contributed by atoms with van der Waals surface area (Å²) in [5.74, 6) is 0.612. The lowest BCUT2D eigenvalue weighted by Gasteiger charge is -2.15. The lowest BCUT2D eigenvalue weighted by molar-refractivity contribution is 0.0983. The molecule has 2 heterocycles. The highest BCUT2D eigenvalue weighted by molar-refractivity contribution is 6.03. The zero-order chi connectivity index (χ0) is 14.0. The molecule has 2 rings (SSSR count). The second-order valence-corrected chi connectivity index (χ2v) is 5.33. The minimum Gasteiger partial charge on any atom is -0.309 e. The molecule has 0 spiro atoms. The Hall–Kier alpha value is -2.24. The summed E-state index contributed by atoms with van der Waals surface area (Å²) in [5, 5.41) is 6.80. The SMILES string of the molecule is CN(C(=O)c1n[nH]c(C(C)(C)C)n1)c1ccncc1. The fraction of sp³-hybridized carbons (Fsp3) is 0.385. The number of nitrogens with zero attached hydrogens (tertiary/aromatic N) is 4. The molecule has 0 radical (unpaired) electrons. The first kappa shape index (κ1) is 13.2. The van der Waals surface area contributed by atoms with Crippen LogP contribution in [0.2, 0.25) is 0 Å². The molecule has 0 unspecified atom stereocenters. The van der Waals surface area contributed by atoms with Gasteiger partial charge in [0, 0.05) is 30.5 Å². The summed E-state index contributed by atoms with van der Waals surface area (Å²) in [6.07, 6.45) is 3.27. The fourth-order valence-electron chi connectivity index (χ4n) is 1.53. The van der Waals surface area contributed by atoms with Gasteiger partial charge in [-0.3, -0.25) is 14.9 Å². The van der Waals surface area contributed by atoms with E-state index in [1.807, 2.05) is 20.8 Å². The first-order valence-electron chi connectivity index (χ1n) is 6.00. The number of H-pyrrole nitrogens is 1. The van der Waals surface area contributed by atoms with Gasteiger partial charge in [0.2, 0.25) is 5.82 Å². The Morgan fingerprint density at radius 3 is 2.42 bits per heavy atom. The van der Waals surface area contributed by atoms with E-state index >= 15 is 0 Å². The molecular weight excluding hydrogens is 242 g/mol. The van der Waals surface area contributed by atoms with Crippen molar-refractivity contribution < 1.29 is 4.79 Å². The fourth-order valence-corrected chi connectivity index (χ4v) is 1.53. The zero-order valence-electron chi connectivity index (χ0n) is 11.5. The van der Waals surface area contributed by atoms with E-state index in [2.05, 4.69) is 20.2 Å². The summed E-state index contributed by atoms with van der Waals surface area (Å²) < 4.78 is 0. The molecule has 6 heteroatoms. The minimum absolute atomic E-state index is 0.166. The molecule has 0 bridgehead atoms. The molecule has 2 aromatic heterocycles. The van der Waals surface area contributed by atoms with Gasteiger partial charge in [-0.1, -0.05) is 20.8 Å². The van der Waals surface area contributed by atoms with Gasteiger partial charge >= 0.3 is 0 Å². The number of carbonyl (C=O) groups excluding carboxylic acids is 1. The summed E-state index contributed by atoms with van der Waals surface area (Å²) >= 11 is 0. The summed E-state index contributed by atoms with van der Waals surface area (Å²) in [6, 6.07) is 3.52. The van der Waals surface area contributed by atoms with Crippen LogP contribution in [0, 0.1) is 0 Å². The molecule has 0 saturated carbocycles. The Bertz CT molecular complexity index is 570. The van der Waals surface area contributed by atoms with Gasteiger partial charge in [0.25, 0.3) is 5.91 Å². The van der Waals surface area contributed by atoms with Crippen molar-refractivity contribution >= 4 is 11.6 Å². The molecule has 1 amide bonds. The largest absolute Gasteiger partial charge is 0.309 e. The minimum atomic E-state index is -0.252. The molecule has 0 saturated heterocycles. The predicted octanol–water partition coefficient (Wildman–Crippen LogP) is 1.77. The molecule has 100 valence electrons. The average Bonchev–Trinajstić information content (AvgIpc) is 2.87. The average molecular weight is 259 g/mol. The maximum Gasteiger partial charge on any atom is 0.297 e. The maximum absolute atomic E-state index is 12.2. The smallest absolute Gasteiger partial charge is 0.297 e. The molecule has 0 aliphatic carbocycles. The zero-order valence-corrected chi connectivity index (χ0v) is 11.5. The van der Waals surface area contributed by atoms with E-state index in [4.69, 9.17) is 0 Å². The second kappa shape index (κ2) is 4.79. The van der Waals surface area contributed by atoms with E-state index in [9.17, 15) is 4.79 Å². The van der Waals surface area contributed by atoms with Gasteiger partial charge in [0.15, 0.2) is 0 Å². The van der Waals surface area contributed by atoms with E-state index in [0.29, 0.717) is 5.82 Å². The number of hydrogen-bond acceptors (Lipinski definition) is 4. The van der Waals surface area contributed by atoms with Crippen molar-refractivity contribution in [2.24, 2.45) is 0 Å². The van der Waals surface area contributed by atoms with Crippen LogP contribution in [0.25, 0.3) is 0 Å². The van der Waals surface area contributed by atoms with E-state index in [-0.39, 0.29) is 17.1 Å². The van der Waals surface area contributed by atoms with Crippen molar-refractivity contribution in [3.05, 3.63) is 36.2 Å². The van der Waals surface area contributed by atoms with E-state index in [1.165, 1.54) is 4.90 Å². The Labute approximate surface area is 111 Å². The van der Waals surface area contributed by atoms with Crippen LogP contribution in [-0.4, -0.2) is 33.1 Å². The number of pyridine rings is 1. The Morgan fingerprint density at radius 2 is 1.89 bits per heavy atom. The normalized spacial score (nSPS) is 11.4. The van der Waals surface area contributed by atoms with E-state index in [0.717, 1.165) is 5.69 Å². The van der Waals surface area contributed by atoms with Crippen LogP contribution in [0.1, 0.15) is 37.2 Å². The monoisotopic (exact) mass is 259 g/mol. The van der Waals surface area contributed by atoms with Crippen molar-refractivity contribution in [1.82, 2.24) is 20.2 Å². The van der Waals surface area contributed by atoms with Gasteiger partial charge < -0.3 is 4.90 Å². The number of hydrogen-bond donors (Lipinski definition) is 1. The van der Waals surface area contributed by atoms with Crippen LogP contribution in [0.4, 0.5) is 5.69 Å². The van der Waals surface area contributed by atoms with Gasteiger partial charge in [-0.15, -0.1) is 5.10 Å². The number of aromatic amines is 1. The lowest BCUT2D eigenvalue weighted by atomic mass is 9.96. The van der Waals surface area contributed by atoms with E-state index < -0.39 is 0 Å². The molecule has 2 aromatic rings. The van der Waals surface area contributed by atoms with Gasteiger partial charge in [0.1, 0.15) is 5.82 Å². The molecule has 0 fully saturated rings. The van der Waals surface area contributed by atoms with Crippen molar-refractivity contribution in [2.45, 2.75) is 26.2 Å². The summed E-state index contributed by atoms with van der Waals surface area (Å²) in [7, 11) is 1.69. The molecule has 6 nitrogen and oxygen atoms in total. The lowest BCUT2D eigenvalue weighted by Crippen LogP contribution is -2.27. The third-order valence-electron chi connectivity index (χ3n) is 2.74. The van der Waals surface area contributed by atoms with Crippen LogP contribution in [0.15, 0.2) is 24.5 Å². The van der Waals surface area contributed by atoms with Crippen LogP contribution < -0.4 is 4.90 Å². The van der Waals surface area contributed by atoms with Crippen molar-refractivity contribution in [1.29, 1.82) is 0 Å². The van der Waals surface area contributed by atoms with Crippen molar-refractivity contribution in [2.75, 3.05) is 11.9 Å². The third kappa shape index (κ3) is 2.78. The van der Waals surface area contributed by atoms with Gasteiger partial charge in [-0.25, -0.2) is 4.98 Å². The number of nitrogens with one attached hydrogen (secondary N) is 1. The molecule has 0 aliphatic rings. The molecule has 1 N–H and O–H groups in total. The van der Waals surface area contributed by atoms with Crippen molar-refractivity contribution in [3.8, 4) is 0 Å². The standard InChI is InChI=1S/C13H17N5O/c1-13(2,3)12-15-10(16-17-12)11(19)18(4)9-5-7-14-8-6-9/h5-8H,1-4H3,(H,15,16,17). The second-order valence-electron chi connectivity index (χ2n) is 5.33. The summed E-state index contributed by atoms with van der Waals surface area (Å²) in [5.41, 5.74) is 0.586.